The Morgan fingerprint density at radius 2 is 1.24 bits per heavy atom. The average molecular weight is 497 g/mol. The summed E-state index contributed by atoms with van der Waals surface area (Å²) in [6.07, 6.45) is 6.05. The first-order valence-corrected chi connectivity index (χ1v) is 13.6. The van der Waals surface area contributed by atoms with E-state index < -0.39 is 0 Å². The van der Waals surface area contributed by atoms with Crippen molar-refractivity contribution in [3.63, 3.8) is 0 Å². The second-order valence-corrected chi connectivity index (χ2v) is 10.4. The zero-order valence-electron chi connectivity index (χ0n) is 21.3. The van der Waals surface area contributed by atoms with Crippen molar-refractivity contribution in [2.75, 3.05) is 36.8 Å². The lowest BCUT2D eigenvalue weighted by Crippen LogP contribution is -2.39. The number of hydrogen-bond acceptors (Lipinski definition) is 7. The molecule has 4 heterocycles. The fourth-order valence-electron chi connectivity index (χ4n) is 5.53. The molecule has 0 saturated carbocycles. The number of likely N-dealkylation sites (tertiary alicyclic amines) is 2. The van der Waals surface area contributed by atoms with E-state index in [9.17, 15) is 0 Å². The summed E-state index contributed by atoms with van der Waals surface area (Å²) in [5.41, 5.74) is 4.35. The summed E-state index contributed by atoms with van der Waals surface area (Å²) >= 11 is 0. The maximum absolute atomic E-state index is 4.90. The Labute approximate surface area is 218 Å². The fourth-order valence-corrected chi connectivity index (χ4v) is 5.53. The molecule has 0 atom stereocenters. The van der Waals surface area contributed by atoms with Gasteiger partial charge in [0.25, 0.3) is 0 Å². The number of hydrogen-bond donors (Lipinski definition) is 3. The molecule has 2 fully saturated rings. The molecule has 8 nitrogen and oxygen atoms in total. The minimum atomic E-state index is 0.373. The van der Waals surface area contributed by atoms with Crippen LogP contribution in [0.25, 0.3) is 11.2 Å². The van der Waals surface area contributed by atoms with Gasteiger partial charge in [0.05, 0.1) is 6.33 Å². The summed E-state index contributed by atoms with van der Waals surface area (Å²) in [4.78, 5) is 22.4. The first-order valence-electron chi connectivity index (χ1n) is 13.6. The van der Waals surface area contributed by atoms with E-state index in [4.69, 9.17) is 9.97 Å². The lowest BCUT2D eigenvalue weighted by molar-refractivity contribution is 0.211. The summed E-state index contributed by atoms with van der Waals surface area (Å²) < 4.78 is 0. The number of nitrogens with zero attached hydrogens (tertiary/aromatic N) is 5. The maximum Gasteiger partial charge on any atom is 0.227 e. The number of rotatable bonds is 8. The van der Waals surface area contributed by atoms with Crippen LogP contribution in [0.15, 0.2) is 67.0 Å². The molecule has 0 bridgehead atoms. The number of imidazole rings is 1. The second kappa shape index (κ2) is 11.3. The third-order valence-corrected chi connectivity index (χ3v) is 7.63. The number of H-pyrrole nitrogens is 1. The smallest absolute Gasteiger partial charge is 0.227 e. The van der Waals surface area contributed by atoms with Crippen LogP contribution in [-0.2, 0) is 13.1 Å². The lowest BCUT2D eigenvalue weighted by Gasteiger charge is -2.33. The van der Waals surface area contributed by atoms with E-state index in [2.05, 4.69) is 91.1 Å². The Morgan fingerprint density at radius 1 is 0.703 bits per heavy atom. The van der Waals surface area contributed by atoms with E-state index in [0.717, 1.165) is 76.3 Å². The van der Waals surface area contributed by atoms with Crippen molar-refractivity contribution in [1.29, 1.82) is 0 Å². The van der Waals surface area contributed by atoms with Crippen LogP contribution in [0.4, 0.5) is 11.8 Å². The average Bonchev–Trinajstić information content (AvgIpc) is 3.41. The van der Waals surface area contributed by atoms with Crippen LogP contribution in [0.3, 0.4) is 0 Å². The number of nitrogens with one attached hydrogen (secondary N) is 3. The van der Waals surface area contributed by atoms with E-state index in [-0.39, 0.29) is 0 Å². The highest BCUT2D eigenvalue weighted by Crippen LogP contribution is 2.24. The largest absolute Gasteiger partial charge is 0.365 e. The molecule has 6 rings (SSSR count). The minimum absolute atomic E-state index is 0.373. The van der Waals surface area contributed by atoms with Gasteiger partial charge in [-0.1, -0.05) is 60.7 Å². The normalized spacial score (nSPS) is 18.3. The first kappa shape index (κ1) is 23.9. The Hall–Kier alpha value is -3.49. The van der Waals surface area contributed by atoms with Crippen molar-refractivity contribution in [2.24, 2.45) is 0 Å². The number of benzene rings is 2. The van der Waals surface area contributed by atoms with E-state index in [1.54, 1.807) is 6.33 Å². The number of fused-ring (bicyclic) bond motifs is 1. The lowest BCUT2D eigenvalue weighted by atomic mass is 10.0. The third-order valence-electron chi connectivity index (χ3n) is 7.63. The summed E-state index contributed by atoms with van der Waals surface area (Å²) in [5, 5.41) is 7.32. The van der Waals surface area contributed by atoms with Gasteiger partial charge in [0.15, 0.2) is 11.5 Å². The number of piperidine rings is 2. The topological polar surface area (TPSA) is 85.0 Å². The van der Waals surface area contributed by atoms with Gasteiger partial charge in [-0.2, -0.15) is 9.97 Å². The van der Waals surface area contributed by atoms with E-state index in [1.807, 2.05) is 0 Å². The number of aromatic amines is 1. The predicted octanol–water partition coefficient (Wildman–Crippen LogP) is 4.51. The van der Waals surface area contributed by atoms with Crippen LogP contribution in [0.5, 0.6) is 0 Å². The summed E-state index contributed by atoms with van der Waals surface area (Å²) in [7, 11) is 0. The van der Waals surface area contributed by atoms with Crippen LogP contribution in [0.2, 0.25) is 0 Å². The van der Waals surface area contributed by atoms with Crippen molar-refractivity contribution in [2.45, 2.75) is 50.9 Å². The van der Waals surface area contributed by atoms with Crippen LogP contribution < -0.4 is 10.6 Å². The molecule has 192 valence electrons. The molecular weight excluding hydrogens is 460 g/mol. The summed E-state index contributed by atoms with van der Waals surface area (Å²) in [6.45, 7) is 6.34. The van der Waals surface area contributed by atoms with Crippen molar-refractivity contribution in [3.05, 3.63) is 78.1 Å². The van der Waals surface area contributed by atoms with Crippen LogP contribution in [0.1, 0.15) is 36.8 Å². The van der Waals surface area contributed by atoms with Gasteiger partial charge in [-0.15, -0.1) is 0 Å². The van der Waals surface area contributed by atoms with Gasteiger partial charge in [0.1, 0.15) is 5.52 Å². The molecule has 2 aliphatic rings. The number of aromatic nitrogens is 4. The molecule has 3 N–H and O–H groups in total. The van der Waals surface area contributed by atoms with Gasteiger partial charge in [-0.25, -0.2) is 4.98 Å². The molecular formula is C29H36N8. The Kier molecular flexibility index (Phi) is 7.28. The molecule has 0 radical (unpaired) electrons. The van der Waals surface area contributed by atoms with Crippen LogP contribution in [0, 0.1) is 0 Å². The summed E-state index contributed by atoms with van der Waals surface area (Å²) in [5.74, 6) is 1.53. The van der Waals surface area contributed by atoms with E-state index in [1.165, 1.54) is 11.1 Å². The second-order valence-electron chi connectivity index (χ2n) is 10.4. The van der Waals surface area contributed by atoms with Gasteiger partial charge < -0.3 is 15.6 Å². The first-order chi connectivity index (χ1) is 18.3. The molecule has 2 aromatic carbocycles. The molecule has 37 heavy (non-hydrogen) atoms. The standard InChI is InChI=1S/C29H36N8/c1-3-7-22(8-4-1)19-36-15-11-24(12-16-36)32-28-26-27(31-21-30-26)34-29(35-28)33-25-13-17-37(18-14-25)20-23-9-5-2-6-10-23/h1-10,21,24-25H,11-20H2,(H3,30,31,32,33,34,35). The molecule has 8 heteroatoms. The van der Waals surface area contributed by atoms with Gasteiger partial charge in [-0.05, 0) is 36.8 Å². The summed E-state index contributed by atoms with van der Waals surface area (Å²) in [6, 6.07) is 22.2. The van der Waals surface area contributed by atoms with Gasteiger partial charge in [-0.3, -0.25) is 9.80 Å². The van der Waals surface area contributed by atoms with E-state index >= 15 is 0 Å². The van der Waals surface area contributed by atoms with Gasteiger partial charge in [0, 0.05) is 51.4 Å². The Morgan fingerprint density at radius 3 is 1.81 bits per heavy atom. The third kappa shape index (κ3) is 6.09. The highest BCUT2D eigenvalue weighted by Gasteiger charge is 2.23. The van der Waals surface area contributed by atoms with Crippen molar-refractivity contribution >= 4 is 22.9 Å². The Balaban J connectivity index is 1.04. The van der Waals surface area contributed by atoms with Gasteiger partial charge >= 0.3 is 0 Å². The fraction of sp³-hybridized carbons (Fsp3) is 0.414. The van der Waals surface area contributed by atoms with Crippen molar-refractivity contribution in [3.8, 4) is 0 Å². The highest BCUT2D eigenvalue weighted by atomic mass is 15.2. The molecule has 0 unspecified atom stereocenters. The maximum atomic E-state index is 4.90. The molecule has 0 spiro atoms. The quantitative estimate of drug-likeness (QED) is 0.331. The number of anilines is 2. The zero-order valence-corrected chi connectivity index (χ0v) is 21.3. The minimum Gasteiger partial charge on any atom is -0.365 e. The molecule has 2 aromatic heterocycles. The van der Waals surface area contributed by atoms with Gasteiger partial charge in [0.2, 0.25) is 5.95 Å². The molecule has 0 amide bonds. The van der Waals surface area contributed by atoms with Crippen molar-refractivity contribution in [1.82, 2.24) is 29.7 Å². The Bertz CT molecular complexity index is 1260. The molecule has 0 aliphatic carbocycles. The van der Waals surface area contributed by atoms with Crippen LogP contribution in [-0.4, -0.2) is 68.0 Å². The molecule has 4 aromatic rings. The van der Waals surface area contributed by atoms with Crippen LogP contribution >= 0.6 is 0 Å². The molecule has 2 saturated heterocycles. The highest BCUT2D eigenvalue weighted by molar-refractivity contribution is 5.83. The monoisotopic (exact) mass is 496 g/mol. The van der Waals surface area contributed by atoms with Crippen molar-refractivity contribution < 1.29 is 0 Å². The predicted molar refractivity (Wildman–Crippen MR) is 148 cm³/mol. The zero-order chi connectivity index (χ0) is 24.9. The van der Waals surface area contributed by atoms with E-state index in [0.29, 0.717) is 23.7 Å². The SMILES string of the molecule is c1ccc(CN2CCC(Nc3nc(NC4CCN(Cc5ccccc5)CC4)c4[nH]cnc4n3)CC2)cc1. The molecule has 2 aliphatic heterocycles.